The Hall–Kier alpha value is -3.70. The Bertz CT molecular complexity index is 1070. The van der Waals surface area contributed by atoms with Gasteiger partial charge in [-0.2, -0.15) is 23.3 Å². The van der Waals surface area contributed by atoms with Crippen molar-refractivity contribution in [2.45, 2.75) is 19.1 Å². The van der Waals surface area contributed by atoms with Crippen LogP contribution in [0.3, 0.4) is 0 Å². The molecule has 3 rings (SSSR count). The van der Waals surface area contributed by atoms with Gasteiger partial charge in [-0.15, -0.1) is 0 Å². The Morgan fingerprint density at radius 2 is 2.00 bits per heavy atom. The van der Waals surface area contributed by atoms with E-state index in [1.807, 2.05) is 0 Å². The Morgan fingerprint density at radius 3 is 2.62 bits per heavy atom. The summed E-state index contributed by atoms with van der Waals surface area (Å²) in [6, 6.07) is 6.09. The highest BCUT2D eigenvalue weighted by Gasteiger charge is 2.35. The molecule has 0 bridgehead atoms. The number of aryl methyl sites for hydroxylation is 1. The maximum Gasteiger partial charge on any atom is 0.435 e. The normalized spacial score (nSPS) is 12.6. The lowest BCUT2D eigenvalue weighted by Gasteiger charge is -2.09. The number of hydrogen-bond donors (Lipinski definition) is 2. The number of nitrogens with two attached hydrogens (primary N) is 1. The van der Waals surface area contributed by atoms with Crippen molar-refractivity contribution in [1.29, 1.82) is 0 Å². The summed E-state index contributed by atoms with van der Waals surface area (Å²) in [4.78, 5) is 27.7. The summed E-state index contributed by atoms with van der Waals surface area (Å²) in [5.41, 5.74) is 4.51. The molecule has 0 saturated carbocycles. The topological polar surface area (TPSA) is 129 Å². The lowest BCUT2D eigenvalue weighted by atomic mass is 10.1. The summed E-state index contributed by atoms with van der Waals surface area (Å²) in [6.07, 6.45) is -4.66. The summed E-state index contributed by atoms with van der Waals surface area (Å²) in [5.74, 6) is -1.23. The number of alkyl halides is 3. The van der Waals surface area contributed by atoms with Crippen LogP contribution in [-0.2, 0) is 13.2 Å². The first-order chi connectivity index (χ1) is 13.6. The van der Waals surface area contributed by atoms with Crippen molar-refractivity contribution >= 4 is 11.8 Å². The van der Waals surface area contributed by atoms with Crippen LogP contribution in [0.25, 0.3) is 11.4 Å². The predicted octanol–water partition coefficient (Wildman–Crippen LogP) is 2.08. The van der Waals surface area contributed by atoms with Gasteiger partial charge in [0, 0.05) is 24.2 Å². The van der Waals surface area contributed by atoms with E-state index < -0.39 is 29.7 Å². The van der Waals surface area contributed by atoms with Crippen molar-refractivity contribution in [3.8, 4) is 11.4 Å². The second-order valence-electron chi connectivity index (χ2n) is 6.13. The predicted molar refractivity (Wildman–Crippen MR) is 92.3 cm³/mol. The van der Waals surface area contributed by atoms with Crippen LogP contribution >= 0.6 is 0 Å². The molecule has 0 aliphatic carbocycles. The highest BCUT2D eigenvalue weighted by atomic mass is 19.4. The van der Waals surface area contributed by atoms with Gasteiger partial charge >= 0.3 is 6.18 Å². The molecule has 0 aliphatic rings. The number of carbonyl (C=O) groups is 2. The van der Waals surface area contributed by atoms with E-state index in [1.54, 1.807) is 12.1 Å². The third-order valence-corrected chi connectivity index (χ3v) is 3.97. The van der Waals surface area contributed by atoms with Gasteiger partial charge in [0.1, 0.15) is 11.7 Å². The number of nitrogens with zero attached hydrogens (tertiary/aromatic N) is 4. The van der Waals surface area contributed by atoms with Crippen LogP contribution in [0, 0.1) is 0 Å². The fourth-order valence-corrected chi connectivity index (χ4v) is 2.49. The second kappa shape index (κ2) is 7.37. The molecule has 1 atom stereocenters. The lowest BCUT2D eigenvalue weighted by molar-refractivity contribution is -0.141. The van der Waals surface area contributed by atoms with Crippen LogP contribution in [0.2, 0.25) is 0 Å². The molecule has 1 aromatic carbocycles. The van der Waals surface area contributed by atoms with Gasteiger partial charge in [-0.25, -0.2) is 0 Å². The molecule has 0 aliphatic heterocycles. The van der Waals surface area contributed by atoms with Crippen LogP contribution in [0.15, 0.2) is 34.9 Å². The van der Waals surface area contributed by atoms with Gasteiger partial charge in [0.05, 0.1) is 0 Å². The highest BCUT2D eigenvalue weighted by molar-refractivity contribution is 5.94. The first-order valence-electron chi connectivity index (χ1n) is 8.22. The molecule has 1 unspecified atom stereocenters. The van der Waals surface area contributed by atoms with Gasteiger partial charge in [0.25, 0.3) is 5.91 Å². The summed E-state index contributed by atoms with van der Waals surface area (Å²) in [7, 11) is 1.23. The molecular formula is C17H15F3N6O3. The van der Waals surface area contributed by atoms with E-state index in [1.165, 1.54) is 26.1 Å². The molecule has 0 radical (unpaired) electrons. The van der Waals surface area contributed by atoms with E-state index in [9.17, 15) is 22.8 Å². The number of benzene rings is 1. The Morgan fingerprint density at radius 1 is 1.28 bits per heavy atom. The molecule has 0 fully saturated rings. The molecule has 3 aromatic rings. The molecule has 2 heterocycles. The molecule has 152 valence electrons. The summed E-state index contributed by atoms with van der Waals surface area (Å²) in [6.45, 7) is 1.52. The van der Waals surface area contributed by atoms with Gasteiger partial charge in [-0.3, -0.25) is 14.3 Å². The number of primary amides is 1. The average Bonchev–Trinajstić information content (AvgIpc) is 3.28. The van der Waals surface area contributed by atoms with Gasteiger partial charge in [0.15, 0.2) is 5.69 Å². The summed E-state index contributed by atoms with van der Waals surface area (Å²) >= 11 is 0. The van der Waals surface area contributed by atoms with Gasteiger partial charge in [-0.05, 0) is 19.1 Å². The minimum absolute atomic E-state index is 0.0241. The molecule has 2 aromatic heterocycles. The fourth-order valence-electron chi connectivity index (χ4n) is 2.49. The van der Waals surface area contributed by atoms with Crippen molar-refractivity contribution in [3.05, 3.63) is 53.2 Å². The number of rotatable bonds is 5. The molecule has 0 saturated heterocycles. The van der Waals surface area contributed by atoms with Gasteiger partial charge in [0.2, 0.25) is 17.6 Å². The lowest BCUT2D eigenvalue weighted by Crippen LogP contribution is -2.28. The highest BCUT2D eigenvalue weighted by Crippen LogP contribution is 2.28. The smallest absolute Gasteiger partial charge is 0.366 e. The molecule has 0 spiro atoms. The minimum atomic E-state index is -4.66. The van der Waals surface area contributed by atoms with Crippen LogP contribution in [-0.4, -0.2) is 31.7 Å². The van der Waals surface area contributed by atoms with Crippen molar-refractivity contribution in [2.24, 2.45) is 12.8 Å². The van der Waals surface area contributed by atoms with Crippen LogP contribution in [0.1, 0.15) is 45.4 Å². The van der Waals surface area contributed by atoms with Gasteiger partial charge < -0.3 is 15.6 Å². The first-order valence-corrected chi connectivity index (χ1v) is 8.22. The summed E-state index contributed by atoms with van der Waals surface area (Å²) in [5, 5.41) is 9.55. The van der Waals surface area contributed by atoms with E-state index >= 15 is 0 Å². The monoisotopic (exact) mass is 408 g/mol. The Balaban J connectivity index is 1.76. The quantitative estimate of drug-likeness (QED) is 0.665. The van der Waals surface area contributed by atoms with Gasteiger partial charge in [-0.1, -0.05) is 17.3 Å². The van der Waals surface area contributed by atoms with Crippen LogP contribution in [0.4, 0.5) is 13.2 Å². The number of aromatic nitrogens is 4. The largest absolute Gasteiger partial charge is 0.435 e. The fraction of sp³-hybridized carbons (Fsp3) is 0.235. The zero-order valence-electron chi connectivity index (χ0n) is 15.2. The van der Waals surface area contributed by atoms with Crippen LogP contribution in [0.5, 0.6) is 0 Å². The summed E-state index contributed by atoms with van der Waals surface area (Å²) < 4.78 is 44.2. The standard InChI is InChI=1S/C17H15F3N6O3/c1-8(22-15(28)11-7-12(17(18,19)20)24-26(11)2)16-23-14(25-29-16)10-5-3-4-9(6-10)13(21)27/h3-8H,1-2H3,(H2,21,27)(H,22,28). The van der Waals surface area contributed by atoms with Crippen molar-refractivity contribution in [3.63, 3.8) is 0 Å². The van der Waals surface area contributed by atoms with Crippen molar-refractivity contribution in [2.75, 3.05) is 0 Å². The number of amides is 2. The van der Waals surface area contributed by atoms with Crippen molar-refractivity contribution in [1.82, 2.24) is 25.2 Å². The SMILES string of the molecule is CC(NC(=O)c1cc(C(F)(F)F)nn1C)c1nc(-c2cccc(C(N)=O)c2)no1. The second-order valence-corrected chi connectivity index (χ2v) is 6.13. The zero-order chi connectivity index (χ0) is 21.3. The number of halogens is 3. The maximum atomic E-state index is 12.7. The van der Waals surface area contributed by atoms with E-state index in [0.717, 1.165) is 4.68 Å². The third kappa shape index (κ3) is 4.25. The molecule has 29 heavy (non-hydrogen) atoms. The third-order valence-electron chi connectivity index (χ3n) is 3.97. The number of hydrogen-bond acceptors (Lipinski definition) is 6. The van der Waals surface area contributed by atoms with E-state index in [2.05, 4.69) is 20.6 Å². The molecule has 2 amide bonds. The molecule has 12 heteroatoms. The van der Waals surface area contributed by atoms with Crippen LogP contribution < -0.4 is 11.1 Å². The van der Waals surface area contributed by atoms with E-state index in [4.69, 9.17) is 10.3 Å². The number of nitrogens with one attached hydrogen (secondary N) is 1. The zero-order valence-corrected chi connectivity index (χ0v) is 15.2. The molecule has 9 nitrogen and oxygen atoms in total. The molecule has 3 N–H and O–H groups in total. The van der Waals surface area contributed by atoms with Crippen molar-refractivity contribution < 1.29 is 27.3 Å². The minimum Gasteiger partial charge on any atom is -0.366 e. The Kier molecular flexibility index (Phi) is 5.10. The van der Waals surface area contributed by atoms with E-state index in [-0.39, 0.29) is 23.0 Å². The Labute approximate surface area is 161 Å². The first kappa shape index (κ1) is 20.0. The number of carbonyl (C=O) groups excluding carboxylic acids is 2. The maximum absolute atomic E-state index is 12.7. The molecular weight excluding hydrogens is 393 g/mol. The average molecular weight is 408 g/mol. The van der Waals surface area contributed by atoms with E-state index in [0.29, 0.717) is 11.6 Å².